The van der Waals surface area contributed by atoms with Crippen LogP contribution in [0.2, 0.25) is 0 Å². The minimum atomic E-state index is -2.00. The summed E-state index contributed by atoms with van der Waals surface area (Å²) in [5.74, 6) is -0.637. The number of hydrogen-bond donors (Lipinski definition) is 0. The van der Waals surface area contributed by atoms with Crippen LogP contribution in [0.5, 0.6) is 0 Å². The van der Waals surface area contributed by atoms with Gasteiger partial charge in [-0.05, 0) is 6.42 Å². The van der Waals surface area contributed by atoms with Gasteiger partial charge in [-0.1, -0.05) is 13.3 Å². The maximum Gasteiger partial charge on any atom is 0.146 e. The van der Waals surface area contributed by atoms with Crippen molar-refractivity contribution in [3.05, 3.63) is 0 Å². The van der Waals surface area contributed by atoms with Crippen molar-refractivity contribution < 1.29 is 18.0 Å². The Bertz CT molecular complexity index is 147. The number of hydrogen-bond acceptors (Lipinski definition) is 1. The van der Waals surface area contributed by atoms with Gasteiger partial charge in [0.15, 0.2) is 0 Å². The number of carbonyl (C=O) groups is 1. The first-order chi connectivity index (χ1) is 6.16. The largest absolute Gasteiger partial charge is 0.299 e. The van der Waals surface area contributed by atoms with E-state index in [4.69, 9.17) is 0 Å². The number of carbonyl (C=O) groups excluding carboxylic acids is 1. The fourth-order valence-corrected chi connectivity index (χ4v) is 0.933. The number of halogens is 3. The summed E-state index contributed by atoms with van der Waals surface area (Å²) in [5.41, 5.74) is -2.00. The molecule has 1 nitrogen and oxygen atoms in total. The molecule has 0 unspecified atom stereocenters. The Morgan fingerprint density at radius 3 is 1.92 bits per heavy atom. The van der Waals surface area contributed by atoms with Gasteiger partial charge >= 0.3 is 0 Å². The Kier molecular flexibility index (Phi) is 5.75. The topological polar surface area (TPSA) is 17.1 Å². The van der Waals surface area contributed by atoms with Crippen molar-refractivity contribution in [2.45, 2.75) is 26.2 Å². The molecule has 0 saturated heterocycles. The number of Topliss-reactive ketones (excluding diaryl/α,β-unsaturated/α-hetero) is 1. The highest BCUT2D eigenvalue weighted by atomic mass is 19.1. The zero-order valence-corrected chi connectivity index (χ0v) is 7.78. The highest BCUT2D eigenvalue weighted by Crippen LogP contribution is 2.24. The average molecular weight is 196 g/mol. The fraction of sp³-hybridized carbons (Fsp3) is 0.889. The van der Waals surface area contributed by atoms with Gasteiger partial charge in [-0.15, -0.1) is 0 Å². The minimum absolute atomic E-state index is 0.0637. The third-order valence-electron chi connectivity index (χ3n) is 2.12. The lowest BCUT2D eigenvalue weighted by Crippen LogP contribution is -2.38. The van der Waals surface area contributed by atoms with Gasteiger partial charge in [-0.2, -0.15) is 0 Å². The Morgan fingerprint density at radius 2 is 1.62 bits per heavy atom. The van der Waals surface area contributed by atoms with E-state index in [0.717, 1.165) is 6.42 Å². The molecule has 0 radical (unpaired) electrons. The quantitative estimate of drug-likeness (QED) is 0.611. The SMILES string of the molecule is CCCCC(=O)C(CF)(CF)CF. The number of rotatable bonds is 7. The molecule has 0 aliphatic carbocycles. The van der Waals surface area contributed by atoms with Gasteiger partial charge in [0.25, 0.3) is 0 Å². The smallest absolute Gasteiger partial charge is 0.146 e. The van der Waals surface area contributed by atoms with Crippen LogP contribution in [0, 0.1) is 5.41 Å². The van der Waals surface area contributed by atoms with Crippen LogP contribution in [0.15, 0.2) is 0 Å². The van der Waals surface area contributed by atoms with Crippen LogP contribution in [0.1, 0.15) is 26.2 Å². The summed E-state index contributed by atoms with van der Waals surface area (Å²) < 4.78 is 36.9. The Balaban J connectivity index is 4.26. The lowest BCUT2D eigenvalue weighted by Gasteiger charge is -2.22. The maximum atomic E-state index is 12.3. The van der Waals surface area contributed by atoms with Crippen LogP contribution in [-0.2, 0) is 4.79 Å². The first kappa shape index (κ1) is 12.5. The molecule has 0 rings (SSSR count). The van der Waals surface area contributed by atoms with Gasteiger partial charge in [0.2, 0.25) is 0 Å². The van der Waals surface area contributed by atoms with Crippen molar-refractivity contribution in [1.29, 1.82) is 0 Å². The van der Waals surface area contributed by atoms with Crippen LogP contribution in [0.4, 0.5) is 13.2 Å². The highest BCUT2D eigenvalue weighted by molar-refractivity contribution is 5.85. The van der Waals surface area contributed by atoms with E-state index in [0.29, 0.717) is 6.42 Å². The summed E-state index contributed by atoms with van der Waals surface area (Å²) in [5, 5.41) is 0. The van der Waals surface area contributed by atoms with Crippen molar-refractivity contribution in [3.8, 4) is 0 Å². The van der Waals surface area contributed by atoms with Crippen LogP contribution in [0.3, 0.4) is 0 Å². The third kappa shape index (κ3) is 3.01. The number of unbranched alkanes of at least 4 members (excludes halogenated alkanes) is 1. The lowest BCUT2D eigenvalue weighted by atomic mass is 9.85. The average Bonchev–Trinajstić information content (AvgIpc) is 2.18. The predicted octanol–water partition coefficient (Wildman–Crippen LogP) is 2.64. The molecule has 0 fully saturated rings. The van der Waals surface area contributed by atoms with E-state index in [9.17, 15) is 18.0 Å². The molecule has 0 aromatic rings. The van der Waals surface area contributed by atoms with Gasteiger partial charge in [0.1, 0.15) is 31.2 Å². The summed E-state index contributed by atoms with van der Waals surface area (Å²) in [4.78, 5) is 11.2. The van der Waals surface area contributed by atoms with Gasteiger partial charge in [0, 0.05) is 6.42 Å². The van der Waals surface area contributed by atoms with Crippen molar-refractivity contribution in [2.24, 2.45) is 5.41 Å². The zero-order valence-electron chi connectivity index (χ0n) is 7.78. The fourth-order valence-electron chi connectivity index (χ4n) is 0.933. The predicted molar refractivity (Wildman–Crippen MR) is 44.9 cm³/mol. The van der Waals surface area contributed by atoms with Crippen molar-refractivity contribution >= 4 is 5.78 Å². The molecule has 0 atom stereocenters. The van der Waals surface area contributed by atoms with Gasteiger partial charge in [-0.3, -0.25) is 4.79 Å². The number of ketones is 1. The van der Waals surface area contributed by atoms with Crippen LogP contribution < -0.4 is 0 Å². The van der Waals surface area contributed by atoms with Gasteiger partial charge in [0.05, 0.1) is 0 Å². The second kappa shape index (κ2) is 6.00. The maximum absolute atomic E-state index is 12.3. The molecule has 0 aromatic carbocycles. The monoisotopic (exact) mass is 196 g/mol. The highest BCUT2D eigenvalue weighted by Gasteiger charge is 2.38. The zero-order chi connectivity index (χ0) is 10.3. The molecule has 0 amide bonds. The number of alkyl halides is 3. The summed E-state index contributed by atoms with van der Waals surface area (Å²) in [6.07, 6.45) is 1.38. The van der Waals surface area contributed by atoms with E-state index < -0.39 is 31.2 Å². The van der Waals surface area contributed by atoms with Gasteiger partial charge in [-0.25, -0.2) is 13.2 Å². The molecule has 0 heterocycles. The second-order valence-electron chi connectivity index (χ2n) is 3.21. The standard InChI is InChI=1S/C9H15F3O/c1-2-3-4-8(13)9(5-10,6-11)7-12/h2-7H2,1H3. The molecule has 78 valence electrons. The lowest BCUT2D eigenvalue weighted by molar-refractivity contribution is -0.132. The Morgan fingerprint density at radius 1 is 1.15 bits per heavy atom. The molecular formula is C9H15F3O. The van der Waals surface area contributed by atoms with E-state index in [-0.39, 0.29) is 6.42 Å². The van der Waals surface area contributed by atoms with Crippen LogP contribution in [0.25, 0.3) is 0 Å². The normalized spacial score (nSPS) is 11.7. The van der Waals surface area contributed by atoms with Gasteiger partial charge < -0.3 is 0 Å². The molecule has 4 heteroatoms. The van der Waals surface area contributed by atoms with Crippen molar-refractivity contribution in [2.75, 3.05) is 20.0 Å². The van der Waals surface area contributed by atoms with E-state index in [2.05, 4.69) is 0 Å². The molecule has 0 aliphatic rings. The molecule has 13 heavy (non-hydrogen) atoms. The minimum Gasteiger partial charge on any atom is -0.299 e. The Hall–Kier alpha value is -0.540. The first-order valence-corrected chi connectivity index (χ1v) is 4.38. The summed E-state index contributed by atoms with van der Waals surface area (Å²) in [6.45, 7) is -1.89. The molecule has 0 saturated carbocycles. The molecule has 0 spiro atoms. The third-order valence-corrected chi connectivity index (χ3v) is 2.12. The summed E-state index contributed by atoms with van der Waals surface area (Å²) >= 11 is 0. The second-order valence-corrected chi connectivity index (χ2v) is 3.21. The molecule has 0 aliphatic heterocycles. The summed E-state index contributed by atoms with van der Waals surface area (Å²) in [7, 11) is 0. The Labute approximate surface area is 76.3 Å². The van der Waals surface area contributed by atoms with E-state index in [1.165, 1.54) is 0 Å². The molecule has 0 bridgehead atoms. The van der Waals surface area contributed by atoms with Crippen molar-refractivity contribution in [3.63, 3.8) is 0 Å². The van der Waals surface area contributed by atoms with Crippen molar-refractivity contribution in [1.82, 2.24) is 0 Å². The van der Waals surface area contributed by atoms with Crippen LogP contribution in [-0.4, -0.2) is 25.8 Å². The molecule has 0 N–H and O–H groups in total. The molecular weight excluding hydrogens is 181 g/mol. The first-order valence-electron chi connectivity index (χ1n) is 4.38. The van der Waals surface area contributed by atoms with E-state index in [1.54, 1.807) is 0 Å². The summed E-state index contributed by atoms with van der Waals surface area (Å²) in [6, 6.07) is 0. The van der Waals surface area contributed by atoms with Crippen LogP contribution >= 0.6 is 0 Å². The molecule has 0 aromatic heterocycles. The van der Waals surface area contributed by atoms with E-state index in [1.807, 2.05) is 6.92 Å². The van der Waals surface area contributed by atoms with E-state index >= 15 is 0 Å².